The molecule has 104 valence electrons. The normalized spacial score (nSPS) is 23.4. The summed E-state index contributed by atoms with van der Waals surface area (Å²) in [4.78, 5) is 14.7. The first kappa shape index (κ1) is 13.9. The Hall–Kier alpha value is -1.51. The Bertz CT molecular complexity index is 444. The molecule has 1 aliphatic heterocycles. The van der Waals surface area contributed by atoms with E-state index < -0.39 is 0 Å². The fraction of sp³-hybridized carbons (Fsp3) is 0.562. The van der Waals surface area contributed by atoms with Crippen LogP contribution in [0, 0.1) is 5.92 Å². The Kier molecular flexibility index (Phi) is 4.46. The molecule has 0 spiro atoms. The Morgan fingerprint density at radius 2 is 2.26 bits per heavy atom. The first-order valence-corrected chi connectivity index (χ1v) is 7.30. The summed E-state index contributed by atoms with van der Waals surface area (Å²) >= 11 is 0. The number of nitrogens with zero attached hydrogens (tertiary/aromatic N) is 1. The zero-order chi connectivity index (χ0) is 13.8. The molecule has 0 saturated carbocycles. The van der Waals surface area contributed by atoms with Gasteiger partial charge < -0.3 is 10.6 Å². The number of carbonyl (C=O) groups is 1. The molecule has 3 heteroatoms. The van der Waals surface area contributed by atoms with Crippen molar-refractivity contribution in [2.45, 2.75) is 45.6 Å². The number of rotatable bonds is 3. The fourth-order valence-electron chi connectivity index (χ4n) is 3.07. The molecule has 2 N–H and O–H groups in total. The lowest BCUT2D eigenvalue weighted by Gasteiger charge is -2.40. The molecule has 1 heterocycles. The third kappa shape index (κ3) is 3.09. The quantitative estimate of drug-likeness (QED) is 0.847. The van der Waals surface area contributed by atoms with Crippen molar-refractivity contribution in [3.05, 3.63) is 29.8 Å². The number of nitrogen functional groups attached to an aromatic ring is 1. The molecule has 19 heavy (non-hydrogen) atoms. The highest BCUT2D eigenvalue weighted by molar-refractivity contribution is 5.95. The van der Waals surface area contributed by atoms with Crippen LogP contribution in [-0.4, -0.2) is 23.4 Å². The first-order chi connectivity index (χ1) is 9.13. The van der Waals surface area contributed by atoms with Crippen molar-refractivity contribution < 1.29 is 4.79 Å². The van der Waals surface area contributed by atoms with E-state index in [0.717, 1.165) is 31.4 Å². The molecule has 0 radical (unpaired) electrons. The summed E-state index contributed by atoms with van der Waals surface area (Å²) in [6.45, 7) is 5.33. The van der Waals surface area contributed by atoms with Crippen LogP contribution in [0.15, 0.2) is 24.3 Å². The van der Waals surface area contributed by atoms with Crippen LogP contribution >= 0.6 is 0 Å². The predicted octanol–water partition coefficient (Wildman–Crippen LogP) is 3.31. The van der Waals surface area contributed by atoms with Gasteiger partial charge in [-0.15, -0.1) is 0 Å². The van der Waals surface area contributed by atoms with Gasteiger partial charge in [0.05, 0.1) is 0 Å². The molecule has 1 amide bonds. The van der Waals surface area contributed by atoms with E-state index in [9.17, 15) is 4.79 Å². The predicted molar refractivity (Wildman–Crippen MR) is 79.0 cm³/mol. The van der Waals surface area contributed by atoms with Crippen LogP contribution in [0.4, 0.5) is 5.69 Å². The summed E-state index contributed by atoms with van der Waals surface area (Å²) in [5, 5.41) is 0. The number of piperidine rings is 1. The van der Waals surface area contributed by atoms with Gasteiger partial charge in [0.25, 0.3) is 5.91 Å². The van der Waals surface area contributed by atoms with Crippen LogP contribution in [0.1, 0.15) is 49.9 Å². The maximum absolute atomic E-state index is 12.7. The number of nitrogens with two attached hydrogens (primary N) is 1. The maximum Gasteiger partial charge on any atom is 0.254 e. The van der Waals surface area contributed by atoms with Gasteiger partial charge in [-0.2, -0.15) is 0 Å². The van der Waals surface area contributed by atoms with Crippen molar-refractivity contribution in [2.24, 2.45) is 5.92 Å². The summed E-state index contributed by atoms with van der Waals surface area (Å²) < 4.78 is 0. The van der Waals surface area contributed by atoms with Crippen molar-refractivity contribution in [3.8, 4) is 0 Å². The van der Waals surface area contributed by atoms with Crippen LogP contribution < -0.4 is 5.73 Å². The summed E-state index contributed by atoms with van der Waals surface area (Å²) in [6.07, 6.45) is 4.55. The van der Waals surface area contributed by atoms with Gasteiger partial charge in [0, 0.05) is 23.8 Å². The number of hydrogen-bond donors (Lipinski definition) is 1. The lowest BCUT2D eigenvalue weighted by atomic mass is 9.87. The van der Waals surface area contributed by atoms with Crippen molar-refractivity contribution in [1.29, 1.82) is 0 Å². The van der Waals surface area contributed by atoms with Crippen LogP contribution in [0.25, 0.3) is 0 Å². The van der Waals surface area contributed by atoms with Gasteiger partial charge in [-0.25, -0.2) is 0 Å². The highest BCUT2D eigenvalue weighted by Gasteiger charge is 2.31. The molecule has 3 nitrogen and oxygen atoms in total. The Morgan fingerprint density at radius 1 is 1.47 bits per heavy atom. The van der Waals surface area contributed by atoms with Gasteiger partial charge in [-0.05, 0) is 43.4 Å². The van der Waals surface area contributed by atoms with Crippen molar-refractivity contribution in [2.75, 3.05) is 12.3 Å². The molecular weight excluding hydrogens is 236 g/mol. The maximum atomic E-state index is 12.7. The third-order valence-corrected chi connectivity index (χ3v) is 4.09. The highest BCUT2D eigenvalue weighted by atomic mass is 16.2. The molecule has 1 fully saturated rings. The van der Waals surface area contributed by atoms with E-state index in [1.54, 1.807) is 6.07 Å². The Labute approximate surface area is 115 Å². The van der Waals surface area contributed by atoms with Crippen LogP contribution in [0.3, 0.4) is 0 Å². The van der Waals surface area contributed by atoms with E-state index in [2.05, 4.69) is 18.7 Å². The number of amides is 1. The second kappa shape index (κ2) is 6.09. The largest absolute Gasteiger partial charge is 0.399 e. The summed E-state index contributed by atoms with van der Waals surface area (Å²) in [6, 6.07) is 7.70. The van der Waals surface area contributed by atoms with Crippen molar-refractivity contribution >= 4 is 11.6 Å². The SMILES string of the molecule is CCCC1C(C)CCCN1C(=O)c1cccc(N)c1. The van der Waals surface area contributed by atoms with E-state index in [0.29, 0.717) is 17.6 Å². The number of benzene rings is 1. The van der Waals surface area contributed by atoms with E-state index in [1.165, 1.54) is 6.42 Å². The lowest BCUT2D eigenvalue weighted by molar-refractivity contribution is 0.0497. The minimum Gasteiger partial charge on any atom is -0.399 e. The fourth-order valence-corrected chi connectivity index (χ4v) is 3.07. The second-order valence-electron chi connectivity index (χ2n) is 5.60. The van der Waals surface area contributed by atoms with E-state index in [1.807, 2.05) is 18.2 Å². The number of anilines is 1. The van der Waals surface area contributed by atoms with E-state index in [-0.39, 0.29) is 5.91 Å². The van der Waals surface area contributed by atoms with Crippen molar-refractivity contribution in [3.63, 3.8) is 0 Å². The molecule has 2 unspecified atom stereocenters. The molecule has 2 rings (SSSR count). The van der Waals surface area contributed by atoms with Crippen molar-refractivity contribution in [1.82, 2.24) is 4.90 Å². The summed E-state index contributed by atoms with van der Waals surface area (Å²) in [7, 11) is 0. The molecule has 0 aliphatic carbocycles. The minimum absolute atomic E-state index is 0.136. The van der Waals surface area contributed by atoms with Crippen LogP contribution in [0.5, 0.6) is 0 Å². The van der Waals surface area contributed by atoms with Gasteiger partial charge in [0.1, 0.15) is 0 Å². The minimum atomic E-state index is 0.136. The van der Waals surface area contributed by atoms with Gasteiger partial charge >= 0.3 is 0 Å². The first-order valence-electron chi connectivity index (χ1n) is 7.30. The van der Waals surface area contributed by atoms with Gasteiger partial charge in [0.2, 0.25) is 0 Å². The Morgan fingerprint density at radius 3 is 2.95 bits per heavy atom. The molecule has 1 aromatic rings. The smallest absolute Gasteiger partial charge is 0.254 e. The topological polar surface area (TPSA) is 46.3 Å². The highest BCUT2D eigenvalue weighted by Crippen LogP contribution is 2.28. The standard InChI is InChI=1S/C16H24N2O/c1-3-6-15-12(2)7-5-10-18(15)16(19)13-8-4-9-14(17)11-13/h4,8-9,11-12,15H,3,5-7,10,17H2,1-2H3. The zero-order valence-corrected chi connectivity index (χ0v) is 11.9. The molecule has 1 aromatic carbocycles. The number of carbonyl (C=O) groups excluding carboxylic acids is 1. The lowest BCUT2D eigenvalue weighted by Crippen LogP contribution is -2.47. The average Bonchev–Trinajstić information content (AvgIpc) is 2.40. The Balaban J connectivity index is 2.20. The third-order valence-electron chi connectivity index (χ3n) is 4.09. The zero-order valence-electron chi connectivity index (χ0n) is 11.9. The molecule has 1 aliphatic rings. The van der Waals surface area contributed by atoms with Gasteiger partial charge in [-0.3, -0.25) is 4.79 Å². The summed E-state index contributed by atoms with van der Waals surface area (Å²) in [5.41, 5.74) is 7.15. The van der Waals surface area contributed by atoms with Gasteiger partial charge in [0.15, 0.2) is 0 Å². The second-order valence-corrected chi connectivity index (χ2v) is 5.60. The van der Waals surface area contributed by atoms with E-state index >= 15 is 0 Å². The molecular formula is C16H24N2O. The van der Waals surface area contributed by atoms with Crippen LogP contribution in [0.2, 0.25) is 0 Å². The van der Waals surface area contributed by atoms with Gasteiger partial charge in [-0.1, -0.05) is 26.3 Å². The summed E-state index contributed by atoms with van der Waals surface area (Å²) in [5.74, 6) is 0.732. The molecule has 0 bridgehead atoms. The molecule has 2 atom stereocenters. The number of likely N-dealkylation sites (tertiary alicyclic amines) is 1. The monoisotopic (exact) mass is 260 g/mol. The van der Waals surface area contributed by atoms with E-state index in [4.69, 9.17) is 5.73 Å². The molecule has 0 aromatic heterocycles. The van der Waals surface area contributed by atoms with Crippen LogP contribution in [-0.2, 0) is 0 Å². The molecule has 1 saturated heterocycles. The number of hydrogen-bond acceptors (Lipinski definition) is 2. The average molecular weight is 260 g/mol.